The van der Waals surface area contributed by atoms with Gasteiger partial charge in [-0.05, 0) is 31.9 Å². The second-order valence-electron chi connectivity index (χ2n) is 3.80. The monoisotopic (exact) mass is 396 g/mol. The van der Waals surface area contributed by atoms with Crippen molar-refractivity contribution in [2.75, 3.05) is 11.4 Å². The van der Waals surface area contributed by atoms with E-state index >= 15 is 0 Å². The molecule has 1 N–H and O–H groups in total. The van der Waals surface area contributed by atoms with Crippen LogP contribution in [0.2, 0.25) is 5.02 Å². The zero-order valence-corrected chi connectivity index (χ0v) is 12.8. The van der Waals surface area contributed by atoms with E-state index in [1.165, 1.54) is 11.1 Å². The second kappa shape index (κ2) is 5.14. The third-order valence-corrected chi connectivity index (χ3v) is 4.83. The maximum atomic E-state index is 11.8. The average Bonchev–Trinajstić information content (AvgIpc) is 2.69. The number of aromatic nitrogens is 1. The molecule has 1 unspecified atom stereocenters. The van der Waals surface area contributed by atoms with Crippen molar-refractivity contribution in [3.63, 3.8) is 0 Å². The number of aliphatic carboxylic acids is 1. The van der Waals surface area contributed by atoms with Gasteiger partial charge in [-0.2, -0.15) is 0 Å². The Hall–Kier alpha value is -0.660. The maximum Gasteiger partial charge on any atom is 0.308 e. The molecule has 0 radical (unpaired) electrons. The summed E-state index contributed by atoms with van der Waals surface area (Å²) in [5.41, 5.74) is 0. The number of carboxylic acids is 1. The Labute approximate surface area is 124 Å². The molecule has 1 fully saturated rings. The predicted molar refractivity (Wildman–Crippen MR) is 72.7 cm³/mol. The summed E-state index contributed by atoms with van der Waals surface area (Å²) in [4.78, 5) is 28.1. The normalized spacial score (nSPS) is 19.4. The Morgan fingerprint density at radius 2 is 2.22 bits per heavy atom. The molecular weight excluding hydrogens is 391 g/mol. The van der Waals surface area contributed by atoms with Gasteiger partial charge in [0.1, 0.15) is 0 Å². The minimum atomic E-state index is -0.981. The predicted octanol–water partition coefficient (Wildman–Crippen LogP) is 2.70. The van der Waals surface area contributed by atoms with Crippen LogP contribution in [0.5, 0.6) is 0 Å². The van der Waals surface area contributed by atoms with Crippen molar-refractivity contribution in [2.45, 2.75) is 6.42 Å². The largest absolute Gasteiger partial charge is 0.481 e. The van der Waals surface area contributed by atoms with Gasteiger partial charge in [-0.1, -0.05) is 11.6 Å². The molecule has 0 bridgehead atoms. The van der Waals surface area contributed by atoms with E-state index < -0.39 is 11.9 Å². The molecule has 18 heavy (non-hydrogen) atoms. The Balaban J connectivity index is 2.36. The van der Waals surface area contributed by atoms with Crippen LogP contribution in [-0.2, 0) is 9.59 Å². The molecule has 1 amide bonds. The van der Waals surface area contributed by atoms with Gasteiger partial charge in [-0.15, -0.1) is 0 Å². The van der Waals surface area contributed by atoms with Crippen LogP contribution in [0.25, 0.3) is 0 Å². The van der Waals surface area contributed by atoms with Crippen LogP contribution in [0.3, 0.4) is 0 Å². The first-order chi connectivity index (χ1) is 8.41. The Morgan fingerprint density at radius 3 is 2.78 bits per heavy atom. The lowest BCUT2D eigenvalue weighted by molar-refractivity contribution is -0.141. The minimum Gasteiger partial charge on any atom is -0.481 e. The number of carbonyl (C=O) groups excluding carboxylic acids is 1. The summed E-state index contributed by atoms with van der Waals surface area (Å²) in [6, 6.07) is 0. The van der Waals surface area contributed by atoms with E-state index in [2.05, 4.69) is 36.8 Å². The van der Waals surface area contributed by atoms with Crippen LogP contribution in [0, 0.1) is 5.92 Å². The number of halogens is 3. The van der Waals surface area contributed by atoms with E-state index in [9.17, 15) is 9.59 Å². The number of amides is 1. The lowest BCUT2D eigenvalue weighted by Crippen LogP contribution is -2.27. The molecule has 0 aromatic carbocycles. The number of carboxylic acid groups (broad SMARTS) is 1. The first-order valence-electron chi connectivity index (χ1n) is 4.94. The summed E-state index contributed by atoms with van der Waals surface area (Å²) in [6.45, 7) is 0.109. The first kappa shape index (κ1) is 13.8. The molecule has 1 aromatic rings. The Bertz CT molecular complexity index is 538. The molecule has 1 aromatic heterocycles. The summed E-state index contributed by atoms with van der Waals surface area (Å²) in [5.74, 6) is -1.61. The highest BCUT2D eigenvalue weighted by atomic mass is 79.9. The van der Waals surface area contributed by atoms with Gasteiger partial charge in [0.05, 0.1) is 19.9 Å². The van der Waals surface area contributed by atoms with Gasteiger partial charge in [0.2, 0.25) is 5.91 Å². The second-order valence-corrected chi connectivity index (χ2v) is 5.83. The fourth-order valence-corrected chi connectivity index (χ4v) is 2.93. The third-order valence-electron chi connectivity index (χ3n) is 2.63. The van der Waals surface area contributed by atoms with Crippen LogP contribution in [0.4, 0.5) is 5.82 Å². The molecule has 5 nitrogen and oxygen atoms in total. The first-order valence-corrected chi connectivity index (χ1v) is 6.91. The molecular formula is C10H7Br2ClN2O3. The van der Waals surface area contributed by atoms with Crippen molar-refractivity contribution >= 4 is 61.2 Å². The van der Waals surface area contributed by atoms with Gasteiger partial charge < -0.3 is 5.11 Å². The summed E-state index contributed by atoms with van der Waals surface area (Å²) in [5, 5.41) is 9.31. The third kappa shape index (κ3) is 2.39. The zero-order valence-electron chi connectivity index (χ0n) is 8.86. The van der Waals surface area contributed by atoms with Crippen LogP contribution >= 0.6 is 43.5 Å². The quantitative estimate of drug-likeness (QED) is 0.832. The SMILES string of the molecule is O=C(O)C1CC(=O)N(c2ncc(Br)c(Cl)c2Br)C1. The standard InChI is InChI=1S/C10H7Br2ClN2O3/c11-5-2-14-9(7(12)8(5)13)15-3-4(10(17)18)1-6(15)16/h2,4H,1,3H2,(H,17,18). The molecule has 2 rings (SSSR count). The molecule has 8 heteroatoms. The van der Waals surface area contributed by atoms with Crippen LogP contribution in [0.15, 0.2) is 15.1 Å². The fraction of sp³-hybridized carbons (Fsp3) is 0.300. The number of hydrogen-bond donors (Lipinski definition) is 1. The summed E-state index contributed by atoms with van der Waals surface area (Å²) in [6.07, 6.45) is 1.46. The van der Waals surface area contributed by atoms with Gasteiger partial charge in [0, 0.05) is 19.2 Å². The highest BCUT2D eigenvalue weighted by Crippen LogP contribution is 2.38. The van der Waals surface area contributed by atoms with Crippen molar-refractivity contribution in [3.8, 4) is 0 Å². The maximum absolute atomic E-state index is 11.8. The van der Waals surface area contributed by atoms with E-state index in [-0.39, 0.29) is 18.9 Å². The lowest BCUT2D eigenvalue weighted by atomic mass is 10.1. The molecule has 0 spiro atoms. The van der Waals surface area contributed by atoms with Gasteiger partial charge >= 0.3 is 5.97 Å². The summed E-state index contributed by atoms with van der Waals surface area (Å²) >= 11 is 12.5. The molecule has 1 aliphatic rings. The van der Waals surface area contributed by atoms with Crippen LogP contribution in [-0.4, -0.2) is 28.5 Å². The Morgan fingerprint density at radius 1 is 1.56 bits per heavy atom. The van der Waals surface area contributed by atoms with Crippen molar-refractivity contribution in [1.82, 2.24) is 4.98 Å². The molecule has 1 atom stereocenters. The molecule has 96 valence electrons. The number of carbonyl (C=O) groups is 2. The topological polar surface area (TPSA) is 70.5 Å². The molecule has 0 aliphatic carbocycles. The molecule has 1 saturated heterocycles. The van der Waals surface area contributed by atoms with E-state index in [4.69, 9.17) is 16.7 Å². The van der Waals surface area contributed by atoms with Crippen molar-refractivity contribution in [3.05, 3.63) is 20.2 Å². The van der Waals surface area contributed by atoms with Crippen molar-refractivity contribution < 1.29 is 14.7 Å². The van der Waals surface area contributed by atoms with E-state index in [1.807, 2.05) is 0 Å². The van der Waals surface area contributed by atoms with Crippen molar-refractivity contribution in [1.29, 1.82) is 0 Å². The van der Waals surface area contributed by atoms with E-state index in [0.717, 1.165) is 0 Å². The number of hydrogen-bond acceptors (Lipinski definition) is 3. The highest BCUT2D eigenvalue weighted by Gasteiger charge is 2.36. The number of pyridine rings is 1. The van der Waals surface area contributed by atoms with E-state index in [1.54, 1.807) is 0 Å². The summed E-state index contributed by atoms with van der Waals surface area (Å²) in [7, 11) is 0. The van der Waals surface area contributed by atoms with Gasteiger partial charge in [0.15, 0.2) is 5.82 Å². The number of anilines is 1. The fourth-order valence-electron chi connectivity index (χ4n) is 1.70. The molecule has 2 heterocycles. The molecule has 1 aliphatic heterocycles. The molecule has 0 saturated carbocycles. The smallest absolute Gasteiger partial charge is 0.308 e. The minimum absolute atomic E-state index is 0.0167. The zero-order chi connectivity index (χ0) is 13.4. The average molecular weight is 398 g/mol. The van der Waals surface area contributed by atoms with Gasteiger partial charge in [0.25, 0.3) is 0 Å². The number of nitrogens with zero attached hydrogens (tertiary/aromatic N) is 2. The van der Waals surface area contributed by atoms with Gasteiger partial charge in [-0.25, -0.2) is 4.98 Å². The lowest BCUT2D eigenvalue weighted by Gasteiger charge is -2.17. The summed E-state index contributed by atoms with van der Waals surface area (Å²) < 4.78 is 1.07. The van der Waals surface area contributed by atoms with E-state index in [0.29, 0.717) is 19.8 Å². The highest BCUT2D eigenvalue weighted by molar-refractivity contribution is 9.11. The number of rotatable bonds is 2. The Kier molecular flexibility index (Phi) is 3.93. The van der Waals surface area contributed by atoms with Gasteiger partial charge in [-0.3, -0.25) is 14.5 Å². The van der Waals surface area contributed by atoms with Crippen LogP contribution in [0.1, 0.15) is 6.42 Å². The van der Waals surface area contributed by atoms with Crippen molar-refractivity contribution in [2.24, 2.45) is 5.92 Å². The van der Waals surface area contributed by atoms with Crippen LogP contribution < -0.4 is 4.90 Å².